The highest BCUT2D eigenvalue weighted by molar-refractivity contribution is 7.91. The van der Waals surface area contributed by atoms with Crippen LogP contribution in [-0.4, -0.2) is 120 Å². The number of hydrogen-bond acceptors (Lipinski definition) is 8. The van der Waals surface area contributed by atoms with Gasteiger partial charge in [0.15, 0.2) is 5.67 Å². The third-order valence-corrected chi connectivity index (χ3v) is 14.4. The number of piperidine rings is 1. The first kappa shape index (κ1) is 41.0. The molecular formula is C42H51F4N5O5S. The molecule has 0 unspecified atom stereocenters. The van der Waals surface area contributed by atoms with Gasteiger partial charge in [-0.2, -0.15) is 0 Å². The van der Waals surface area contributed by atoms with Crippen molar-refractivity contribution in [3.05, 3.63) is 89.2 Å². The normalized spacial score (nSPS) is 22.6. The quantitative estimate of drug-likeness (QED) is 0.221. The molecule has 308 valence electrons. The number of methoxy groups -OCH3 is 1. The smallest absolute Gasteiger partial charge is 0.407 e. The molecule has 0 spiro atoms. The Kier molecular flexibility index (Phi) is 11.6. The van der Waals surface area contributed by atoms with E-state index in [0.717, 1.165) is 88.0 Å². The molecule has 57 heavy (non-hydrogen) atoms. The SMILES string of the molecule is COC(=O)N[C@H]1CCC[C@@H]1[C@](CN1CCC1)(c1cccc(F)c1)C1CCN(CC2(F)CN(c3ccc(S(=O)(=O)c4ccc(C(=O)N(C)C)c(F)c4)cc3F)C2)CC1. The number of alkyl carbamates (subject to hydrolysis) is 1. The molecular weight excluding hydrogens is 763 g/mol. The van der Waals surface area contributed by atoms with Crippen LogP contribution in [0, 0.1) is 29.3 Å². The highest BCUT2D eigenvalue weighted by Gasteiger charge is 2.54. The lowest BCUT2D eigenvalue weighted by atomic mass is 9.57. The Morgan fingerprint density at radius 2 is 1.56 bits per heavy atom. The molecule has 3 saturated heterocycles. The van der Waals surface area contributed by atoms with E-state index in [-0.39, 0.29) is 54.6 Å². The van der Waals surface area contributed by atoms with Gasteiger partial charge in [-0.1, -0.05) is 18.6 Å². The van der Waals surface area contributed by atoms with Gasteiger partial charge in [-0.3, -0.25) is 9.69 Å². The van der Waals surface area contributed by atoms with Crippen molar-refractivity contribution in [1.29, 1.82) is 0 Å². The maximum atomic E-state index is 16.3. The van der Waals surface area contributed by atoms with E-state index < -0.39 is 54.3 Å². The molecule has 0 radical (unpaired) electrons. The second kappa shape index (κ2) is 16.2. The molecule has 0 aromatic heterocycles. The summed E-state index contributed by atoms with van der Waals surface area (Å²) in [4.78, 5) is 31.1. The van der Waals surface area contributed by atoms with Crippen LogP contribution in [0.5, 0.6) is 0 Å². The van der Waals surface area contributed by atoms with Crippen LogP contribution >= 0.6 is 0 Å². The molecule has 15 heteroatoms. The number of alkyl halides is 1. The van der Waals surface area contributed by atoms with Crippen LogP contribution in [0.2, 0.25) is 0 Å². The van der Waals surface area contributed by atoms with E-state index in [1.165, 1.54) is 49.2 Å². The van der Waals surface area contributed by atoms with Crippen molar-refractivity contribution >= 4 is 27.5 Å². The van der Waals surface area contributed by atoms with Crippen LogP contribution in [0.15, 0.2) is 70.5 Å². The number of benzene rings is 3. The fourth-order valence-corrected chi connectivity index (χ4v) is 11.1. The van der Waals surface area contributed by atoms with Crippen molar-refractivity contribution < 1.29 is 40.3 Å². The largest absolute Gasteiger partial charge is 0.453 e. The standard InChI is InChI=1S/C42H51F4N5O5S/c1-48(2)39(52)33-13-11-31(22-35(33)44)57(54,55)32-12-14-38(36(45)23-32)51-25-41(46,26-51)24-50-19-15-28(16-20-50)42(27-49-17-6-18-49,29-7-4-8-30(43)21-29)34-9-5-10-37(34)47-40(53)56-3/h4,7-8,11-14,21-23,28,34,37H,5-6,9-10,15-20,24-27H2,1-3H3,(H,47,53)/t34-,37-,42-/m0/s1. The molecule has 3 aromatic rings. The summed E-state index contributed by atoms with van der Waals surface area (Å²) in [5, 5.41) is 3.10. The summed E-state index contributed by atoms with van der Waals surface area (Å²) in [7, 11) is -0.0731. The summed E-state index contributed by atoms with van der Waals surface area (Å²) in [6, 6.07) is 13.1. The fraction of sp³-hybridized carbons (Fsp3) is 0.524. The summed E-state index contributed by atoms with van der Waals surface area (Å²) in [5.74, 6) is -2.58. The van der Waals surface area contributed by atoms with E-state index >= 15 is 8.78 Å². The lowest BCUT2D eigenvalue weighted by molar-refractivity contribution is 0.00575. The number of halogens is 4. The Balaban J connectivity index is 1.03. The van der Waals surface area contributed by atoms with Gasteiger partial charge in [0.1, 0.15) is 17.5 Å². The van der Waals surface area contributed by atoms with Gasteiger partial charge in [-0.15, -0.1) is 0 Å². The Labute approximate surface area is 332 Å². The van der Waals surface area contributed by atoms with Crippen molar-refractivity contribution in [1.82, 2.24) is 20.0 Å². The topological polar surface area (TPSA) is 102 Å². The second-order valence-electron chi connectivity index (χ2n) is 16.5. The minimum absolute atomic E-state index is 0.0556. The first-order valence-electron chi connectivity index (χ1n) is 19.7. The van der Waals surface area contributed by atoms with Crippen LogP contribution in [0.4, 0.5) is 28.0 Å². The molecule has 7 rings (SSSR count). The third-order valence-electron chi connectivity index (χ3n) is 12.7. The van der Waals surface area contributed by atoms with Gasteiger partial charge in [-0.25, -0.2) is 30.8 Å². The average molecular weight is 814 g/mol. The number of hydrogen-bond donors (Lipinski definition) is 1. The van der Waals surface area contributed by atoms with Gasteiger partial charge in [0.05, 0.1) is 41.2 Å². The molecule has 2 amide bonds. The molecule has 4 aliphatic rings. The highest BCUT2D eigenvalue weighted by Crippen LogP contribution is 2.52. The van der Waals surface area contributed by atoms with Gasteiger partial charge < -0.3 is 24.8 Å². The van der Waals surface area contributed by atoms with Gasteiger partial charge >= 0.3 is 6.09 Å². The Bertz CT molecular complexity index is 2090. The number of rotatable bonds is 12. The summed E-state index contributed by atoms with van der Waals surface area (Å²) >= 11 is 0. The number of amides is 2. The summed E-state index contributed by atoms with van der Waals surface area (Å²) in [6.07, 6.45) is 4.78. The van der Waals surface area contributed by atoms with Crippen molar-refractivity contribution in [3.63, 3.8) is 0 Å². The van der Waals surface area contributed by atoms with Crippen LogP contribution in [0.3, 0.4) is 0 Å². The molecule has 1 N–H and O–H groups in total. The number of nitrogens with one attached hydrogen (secondary N) is 1. The van der Waals surface area contributed by atoms with Crippen LogP contribution in [-0.2, 0) is 20.0 Å². The summed E-state index contributed by atoms with van der Waals surface area (Å²) in [6.45, 7) is 3.93. The minimum atomic E-state index is -4.33. The highest BCUT2D eigenvalue weighted by atomic mass is 32.2. The second-order valence-corrected chi connectivity index (χ2v) is 18.4. The van der Waals surface area contributed by atoms with Crippen LogP contribution in [0.25, 0.3) is 0 Å². The third kappa shape index (κ3) is 8.11. The predicted molar refractivity (Wildman–Crippen MR) is 207 cm³/mol. The molecule has 1 saturated carbocycles. The summed E-state index contributed by atoms with van der Waals surface area (Å²) < 4.78 is 93.1. The predicted octanol–water partition coefficient (Wildman–Crippen LogP) is 6.05. The van der Waals surface area contributed by atoms with Gasteiger partial charge in [0, 0.05) is 38.6 Å². The first-order valence-corrected chi connectivity index (χ1v) is 21.2. The van der Waals surface area contributed by atoms with Crippen LogP contribution < -0.4 is 10.2 Å². The van der Waals surface area contributed by atoms with Crippen molar-refractivity contribution in [3.8, 4) is 0 Å². The molecule has 3 aliphatic heterocycles. The maximum Gasteiger partial charge on any atom is 0.407 e. The van der Waals surface area contributed by atoms with E-state index in [2.05, 4.69) is 15.1 Å². The molecule has 1 aliphatic carbocycles. The van der Waals surface area contributed by atoms with Crippen molar-refractivity contribution in [2.45, 2.75) is 65.4 Å². The lowest BCUT2D eigenvalue weighted by Crippen LogP contribution is -2.65. The molecule has 10 nitrogen and oxygen atoms in total. The van der Waals surface area contributed by atoms with Crippen molar-refractivity contribution in [2.75, 3.05) is 78.5 Å². The Morgan fingerprint density at radius 1 is 0.877 bits per heavy atom. The van der Waals surface area contributed by atoms with Crippen molar-refractivity contribution in [2.24, 2.45) is 11.8 Å². The molecule has 3 heterocycles. The minimum Gasteiger partial charge on any atom is -0.453 e. The Morgan fingerprint density at radius 3 is 2.16 bits per heavy atom. The molecule has 3 atom stereocenters. The zero-order valence-corrected chi connectivity index (χ0v) is 33.5. The monoisotopic (exact) mass is 813 g/mol. The van der Waals surface area contributed by atoms with E-state index in [1.807, 2.05) is 6.07 Å². The summed E-state index contributed by atoms with van der Waals surface area (Å²) in [5.41, 5.74) is -1.35. The zero-order chi connectivity index (χ0) is 40.7. The average Bonchev–Trinajstić information content (AvgIpc) is 3.61. The van der Waals surface area contributed by atoms with Gasteiger partial charge in [0.25, 0.3) is 5.91 Å². The number of anilines is 1. The lowest BCUT2D eigenvalue weighted by Gasteiger charge is -2.54. The number of carbonyl (C=O) groups excluding carboxylic acids is 2. The fourth-order valence-electron chi connectivity index (χ4n) is 9.78. The van der Waals surface area contributed by atoms with E-state index in [0.29, 0.717) is 13.1 Å². The van der Waals surface area contributed by atoms with E-state index in [4.69, 9.17) is 4.74 Å². The molecule has 3 aromatic carbocycles. The van der Waals surface area contributed by atoms with E-state index in [9.17, 15) is 26.8 Å². The Hall–Kier alpha value is -4.21. The number of sulfone groups is 1. The number of nitrogens with zero attached hydrogens (tertiary/aromatic N) is 4. The first-order chi connectivity index (χ1) is 27.1. The van der Waals surface area contributed by atoms with Gasteiger partial charge in [0.2, 0.25) is 9.84 Å². The molecule has 0 bridgehead atoms. The van der Waals surface area contributed by atoms with E-state index in [1.54, 1.807) is 12.1 Å². The van der Waals surface area contributed by atoms with Gasteiger partial charge in [-0.05, 0) is 124 Å². The molecule has 4 fully saturated rings. The van der Waals surface area contributed by atoms with Crippen LogP contribution in [0.1, 0.15) is 54.4 Å². The number of likely N-dealkylation sites (tertiary alicyclic amines) is 2. The number of ether oxygens (including phenoxy) is 1. The zero-order valence-electron chi connectivity index (χ0n) is 32.7. The maximum absolute atomic E-state index is 16.3. The number of carbonyl (C=O) groups is 2.